The molecule has 30 heavy (non-hydrogen) atoms. The second-order valence-corrected chi connectivity index (χ2v) is 7.76. The molecule has 0 N–H and O–H groups in total. The van der Waals surface area contributed by atoms with Crippen LogP contribution in [0, 0.1) is 0 Å². The molecule has 0 aliphatic rings. The molecule has 0 bridgehead atoms. The molecule has 0 saturated heterocycles. The van der Waals surface area contributed by atoms with Crippen molar-refractivity contribution in [2.45, 2.75) is 31.9 Å². The zero-order chi connectivity index (χ0) is 22.1. The fraction of sp³-hybridized carbons (Fsp3) is 0.364. The number of halogens is 4. The highest BCUT2D eigenvalue weighted by atomic mass is 79.9. The summed E-state index contributed by atoms with van der Waals surface area (Å²) in [7, 11) is 1.16. The molecule has 0 spiro atoms. The van der Waals surface area contributed by atoms with E-state index in [1.54, 1.807) is 36.4 Å². The van der Waals surface area contributed by atoms with E-state index >= 15 is 0 Å². The summed E-state index contributed by atoms with van der Waals surface area (Å²) in [6.45, 7) is 0.546. The second kappa shape index (κ2) is 11.2. The molecule has 0 aliphatic carbocycles. The van der Waals surface area contributed by atoms with Crippen LogP contribution in [-0.4, -0.2) is 43.0 Å². The van der Waals surface area contributed by atoms with Gasteiger partial charge in [0.2, 0.25) is 0 Å². The minimum absolute atomic E-state index is 0.0666. The van der Waals surface area contributed by atoms with Gasteiger partial charge >= 0.3 is 12.1 Å². The van der Waals surface area contributed by atoms with Crippen LogP contribution in [0.15, 0.2) is 53.0 Å². The number of amides is 1. The Labute approximate surface area is 182 Å². The molecule has 0 atom stereocenters. The molecular formula is C22H23BrF3NO3. The second-order valence-electron chi connectivity index (χ2n) is 6.85. The van der Waals surface area contributed by atoms with Crippen molar-refractivity contribution in [1.82, 2.24) is 4.90 Å². The number of rotatable bonds is 10. The maximum absolute atomic E-state index is 12.4. The van der Waals surface area contributed by atoms with Gasteiger partial charge in [-0.3, -0.25) is 9.59 Å². The van der Waals surface area contributed by atoms with Crippen molar-refractivity contribution in [1.29, 1.82) is 0 Å². The topological polar surface area (TPSA) is 46.6 Å². The van der Waals surface area contributed by atoms with Gasteiger partial charge in [-0.15, -0.1) is 0 Å². The van der Waals surface area contributed by atoms with Crippen molar-refractivity contribution in [3.8, 4) is 5.75 Å². The maximum atomic E-state index is 12.4. The Morgan fingerprint density at radius 3 is 2.00 bits per heavy atom. The number of alkyl halides is 3. The van der Waals surface area contributed by atoms with Gasteiger partial charge in [-0.2, -0.15) is 13.2 Å². The van der Waals surface area contributed by atoms with E-state index in [0.29, 0.717) is 41.2 Å². The number of carbonyl (C=O) groups is 2. The number of nitrogens with zero attached hydrogens (tertiary/aromatic N) is 1. The average molecular weight is 486 g/mol. The number of unbranched alkanes of at least 4 members (excludes halogenated alkanes) is 3. The van der Waals surface area contributed by atoms with Crippen molar-refractivity contribution < 1.29 is 27.5 Å². The van der Waals surface area contributed by atoms with Crippen molar-refractivity contribution in [3.63, 3.8) is 0 Å². The van der Waals surface area contributed by atoms with Gasteiger partial charge in [-0.05, 0) is 61.4 Å². The van der Waals surface area contributed by atoms with Gasteiger partial charge < -0.3 is 9.64 Å². The van der Waals surface area contributed by atoms with E-state index in [2.05, 4.69) is 15.9 Å². The predicted molar refractivity (Wildman–Crippen MR) is 112 cm³/mol. The molecule has 1 amide bonds. The molecule has 0 aromatic heterocycles. The summed E-state index contributed by atoms with van der Waals surface area (Å²) in [5, 5.41) is 0. The van der Waals surface area contributed by atoms with Gasteiger partial charge in [0.05, 0.1) is 6.61 Å². The van der Waals surface area contributed by atoms with Crippen LogP contribution in [0.1, 0.15) is 41.6 Å². The lowest BCUT2D eigenvalue weighted by atomic mass is 10.0. The van der Waals surface area contributed by atoms with Crippen LogP contribution in [0.2, 0.25) is 0 Å². The van der Waals surface area contributed by atoms with Gasteiger partial charge in [0.15, 0.2) is 5.78 Å². The van der Waals surface area contributed by atoms with E-state index in [-0.39, 0.29) is 12.3 Å². The number of benzene rings is 2. The third-order valence-corrected chi connectivity index (χ3v) is 5.00. The lowest BCUT2D eigenvalue weighted by Crippen LogP contribution is -2.38. The Hall–Kier alpha value is -2.35. The van der Waals surface area contributed by atoms with Gasteiger partial charge in [0, 0.05) is 29.2 Å². The van der Waals surface area contributed by atoms with E-state index < -0.39 is 12.1 Å². The number of ketones is 1. The fourth-order valence-corrected chi connectivity index (χ4v) is 3.05. The molecule has 8 heteroatoms. The van der Waals surface area contributed by atoms with E-state index in [4.69, 9.17) is 4.74 Å². The summed E-state index contributed by atoms with van der Waals surface area (Å²) in [6.07, 6.45) is -2.07. The van der Waals surface area contributed by atoms with Crippen molar-refractivity contribution in [3.05, 3.63) is 64.1 Å². The minimum atomic E-state index is -4.82. The van der Waals surface area contributed by atoms with Crippen LogP contribution in [0.5, 0.6) is 5.75 Å². The first-order valence-corrected chi connectivity index (χ1v) is 10.3. The molecule has 0 heterocycles. The molecule has 0 radical (unpaired) electrons. The molecule has 0 unspecified atom stereocenters. The summed E-state index contributed by atoms with van der Waals surface area (Å²) in [6, 6.07) is 14.1. The quantitative estimate of drug-likeness (QED) is 0.323. The largest absolute Gasteiger partial charge is 0.494 e. The summed E-state index contributed by atoms with van der Waals surface area (Å²) in [5.74, 6) is -1.23. The van der Waals surface area contributed by atoms with Crippen molar-refractivity contribution >= 4 is 27.6 Å². The minimum Gasteiger partial charge on any atom is -0.494 e. The van der Waals surface area contributed by atoms with E-state index in [0.717, 1.165) is 24.4 Å². The molecular weight excluding hydrogens is 463 g/mol. The van der Waals surface area contributed by atoms with E-state index in [1.165, 1.54) is 0 Å². The monoisotopic (exact) mass is 485 g/mol. The first-order chi connectivity index (χ1) is 14.2. The third kappa shape index (κ3) is 7.48. The SMILES string of the molecule is CN(CCCCCCOc1ccc(C(=O)c2ccc(Br)cc2)cc1)C(=O)C(F)(F)F. The van der Waals surface area contributed by atoms with Crippen molar-refractivity contribution in [2.24, 2.45) is 0 Å². The molecule has 2 aromatic rings. The smallest absolute Gasteiger partial charge is 0.471 e. The van der Waals surface area contributed by atoms with Crippen LogP contribution < -0.4 is 4.74 Å². The fourth-order valence-electron chi connectivity index (χ4n) is 2.78. The number of hydrogen-bond acceptors (Lipinski definition) is 3. The highest BCUT2D eigenvalue weighted by Crippen LogP contribution is 2.19. The molecule has 0 saturated carbocycles. The number of carbonyl (C=O) groups excluding carboxylic acids is 2. The van der Waals surface area contributed by atoms with Gasteiger partial charge in [-0.25, -0.2) is 0 Å². The van der Waals surface area contributed by atoms with Crippen LogP contribution >= 0.6 is 15.9 Å². The molecule has 4 nitrogen and oxygen atoms in total. The Morgan fingerprint density at radius 2 is 1.43 bits per heavy atom. The normalized spacial score (nSPS) is 11.2. The highest BCUT2D eigenvalue weighted by Gasteiger charge is 2.40. The number of hydrogen-bond donors (Lipinski definition) is 0. The summed E-state index contributed by atoms with van der Waals surface area (Å²) in [5.41, 5.74) is 1.18. The van der Waals surface area contributed by atoms with E-state index in [1.807, 2.05) is 12.1 Å². The first kappa shape index (κ1) is 23.9. The molecule has 0 aliphatic heterocycles. The van der Waals surface area contributed by atoms with Gasteiger partial charge in [0.1, 0.15) is 5.75 Å². The average Bonchev–Trinajstić information content (AvgIpc) is 2.72. The standard InChI is InChI=1S/C22H23BrF3NO3/c1-27(21(29)22(24,25)26)14-4-2-3-5-15-30-19-12-8-17(9-13-19)20(28)16-6-10-18(23)11-7-16/h6-13H,2-5,14-15H2,1H3. The van der Waals surface area contributed by atoms with Crippen molar-refractivity contribution in [2.75, 3.05) is 20.2 Å². The van der Waals surface area contributed by atoms with Crippen LogP contribution in [0.25, 0.3) is 0 Å². The van der Waals surface area contributed by atoms with Crippen LogP contribution in [0.3, 0.4) is 0 Å². The van der Waals surface area contributed by atoms with E-state index in [9.17, 15) is 22.8 Å². The Kier molecular flexibility index (Phi) is 8.89. The zero-order valence-electron chi connectivity index (χ0n) is 16.5. The summed E-state index contributed by atoms with van der Waals surface area (Å²) in [4.78, 5) is 24.1. The van der Waals surface area contributed by atoms with Crippen LogP contribution in [-0.2, 0) is 4.79 Å². The Morgan fingerprint density at radius 1 is 0.900 bits per heavy atom. The van der Waals surface area contributed by atoms with Gasteiger partial charge in [-0.1, -0.05) is 28.8 Å². The summed E-state index contributed by atoms with van der Waals surface area (Å²) < 4.78 is 43.4. The Bertz CT molecular complexity index is 836. The molecule has 2 rings (SSSR count). The number of ether oxygens (including phenoxy) is 1. The zero-order valence-corrected chi connectivity index (χ0v) is 18.1. The third-order valence-electron chi connectivity index (χ3n) is 4.47. The molecule has 2 aromatic carbocycles. The molecule has 162 valence electrons. The summed E-state index contributed by atoms with van der Waals surface area (Å²) >= 11 is 3.34. The maximum Gasteiger partial charge on any atom is 0.471 e. The van der Waals surface area contributed by atoms with Crippen LogP contribution in [0.4, 0.5) is 13.2 Å². The van der Waals surface area contributed by atoms with Gasteiger partial charge in [0.25, 0.3) is 0 Å². The Balaban J connectivity index is 1.66. The predicted octanol–water partition coefficient (Wildman–Crippen LogP) is 5.64. The molecule has 0 fully saturated rings. The first-order valence-electron chi connectivity index (χ1n) is 9.54. The lowest BCUT2D eigenvalue weighted by molar-refractivity contribution is -0.184. The highest BCUT2D eigenvalue weighted by molar-refractivity contribution is 9.10. The lowest BCUT2D eigenvalue weighted by Gasteiger charge is -2.18.